The van der Waals surface area contributed by atoms with E-state index in [-0.39, 0.29) is 5.91 Å². The third kappa shape index (κ3) is 3.91. The molecule has 1 N–H and O–H groups in total. The summed E-state index contributed by atoms with van der Waals surface area (Å²) in [5.74, 6) is 1.37. The predicted molar refractivity (Wildman–Crippen MR) is 127 cm³/mol. The normalized spacial score (nSPS) is 13.8. The number of carbonyl (C=O) groups is 1. The number of aromatic nitrogens is 2. The first kappa shape index (κ1) is 21.0. The second kappa shape index (κ2) is 8.96. The molecule has 33 heavy (non-hydrogen) atoms. The zero-order valence-electron chi connectivity index (χ0n) is 18.6. The number of amides is 1. The zero-order chi connectivity index (χ0) is 22.8. The number of nitrogens with zero attached hydrogens (tertiary/aromatic N) is 2. The number of nitrogens with one attached hydrogen (secondary N) is 1. The van der Waals surface area contributed by atoms with E-state index < -0.39 is 0 Å². The maximum atomic E-state index is 12.9. The minimum absolute atomic E-state index is 0.0256. The predicted octanol–water partition coefficient (Wildman–Crippen LogP) is 4.39. The Morgan fingerprint density at radius 1 is 1.00 bits per heavy atom. The first-order valence-corrected chi connectivity index (χ1v) is 10.9. The lowest BCUT2D eigenvalue weighted by Gasteiger charge is -2.27. The summed E-state index contributed by atoms with van der Waals surface area (Å²) in [5, 5.41) is 0.962. The van der Waals surface area contributed by atoms with Crippen LogP contribution in [0.3, 0.4) is 0 Å². The molecule has 1 aliphatic rings. The monoisotopic (exact) mass is 443 g/mol. The van der Waals surface area contributed by atoms with E-state index in [1.54, 1.807) is 14.2 Å². The highest BCUT2D eigenvalue weighted by Crippen LogP contribution is 2.41. The van der Waals surface area contributed by atoms with Crippen LogP contribution in [0.4, 0.5) is 0 Å². The number of morpholine rings is 1. The highest BCUT2D eigenvalue weighted by Gasteiger charge is 2.19. The number of hydrogen-bond acceptors (Lipinski definition) is 5. The van der Waals surface area contributed by atoms with Crippen molar-refractivity contribution >= 4 is 16.9 Å². The van der Waals surface area contributed by atoms with Crippen LogP contribution in [0.1, 0.15) is 10.4 Å². The van der Waals surface area contributed by atoms with Crippen LogP contribution in [-0.4, -0.2) is 61.3 Å². The van der Waals surface area contributed by atoms with Gasteiger partial charge in [-0.05, 0) is 29.8 Å². The van der Waals surface area contributed by atoms with Crippen LogP contribution in [0.15, 0.2) is 60.9 Å². The van der Waals surface area contributed by atoms with Crippen molar-refractivity contribution in [3.8, 4) is 33.8 Å². The summed E-state index contributed by atoms with van der Waals surface area (Å²) in [6, 6.07) is 15.6. The van der Waals surface area contributed by atoms with E-state index in [1.807, 2.05) is 59.8 Å². The number of H-pyrrole nitrogens is 1. The van der Waals surface area contributed by atoms with E-state index in [9.17, 15) is 4.79 Å². The number of aromatic amines is 1. The van der Waals surface area contributed by atoms with Gasteiger partial charge in [-0.1, -0.05) is 24.3 Å². The first-order valence-electron chi connectivity index (χ1n) is 10.9. The second-order valence-electron chi connectivity index (χ2n) is 7.85. The fourth-order valence-corrected chi connectivity index (χ4v) is 4.26. The van der Waals surface area contributed by atoms with Crippen LogP contribution >= 0.6 is 0 Å². The number of fused-ring (bicyclic) bond motifs is 1. The van der Waals surface area contributed by atoms with E-state index in [2.05, 4.69) is 16.0 Å². The number of para-hydroxylation sites is 1. The Bertz CT molecular complexity index is 1310. The highest BCUT2D eigenvalue weighted by molar-refractivity contribution is 5.99. The van der Waals surface area contributed by atoms with E-state index >= 15 is 0 Å². The lowest BCUT2D eigenvalue weighted by Crippen LogP contribution is -2.40. The largest absolute Gasteiger partial charge is 0.493 e. The summed E-state index contributed by atoms with van der Waals surface area (Å²) in [5.41, 5.74) is 5.20. The molecular weight excluding hydrogens is 418 g/mol. The van der Waals surface area contributed by atoms with Gasteiger partial charge in [0.1, 0.15) is 5.65 Å². The molecule has 2 aromatic carbocycles. The molecule has 5 rings (SSSR count). The SMILES string of the molecule is COc1cccc(-c2c[nH]c3ncc(-c4cccc(C(=O)N5CCOCC5)c4)cc23)c1OC. The van der Waals surface area contributed by atoms with Gasteiger partial charge in [0.15, 0.2) is 11.5 Å². The molecule has 1 saturated heterocycles. The Morgan fingerprint density at radius 3 is 2.61 bits per heavy atom. The minimum atomic E-state index is 0.0256. The summed E-state index contributed by atoms with van der Waals surface area (Å²) in [6.07, 6.45) is 3.75. The molecule has 0 bridgehead atoms. The Hall–Kier alpha value is -3.84. The number of hydrogen-bond donors (Lipinski definition) is 1. The van der Waals surface area contributed by atoms with Crippen LogP contribution in [0.25, 0.3) is 33.3 Å². The highest BCUT2D eigenvalue weighted by atomic mass is 16.5. The summed E-state index contributed by atoms with van der Waals surface area (Å²) >= 11 is 0. The molecular formula is C26H25N3O4. The molecule has 0 spiro atoms. The van der Waals surface area contributed by atoms with Gasteiger partial charge in [0, 0.05) is 53.1 Å². The molecule has 0 aliphatic carbocycles. The van der Waals surface area contributed by atoms with Crippen LogP contribution in [0.2, 0.25) is 0 Å². The third-order valence-corrected chi connectivity index (χ3v) is 5.97. The summed E-state index contributed by atoms with van der Waals surface area (Å²) in [6.45, 7) is 2.39. The molecule has 1 amide bonds. The molecule has 3 heterocycles. The van der Waals surface area contributed by atoms with Crippen LogP contribution in [0.5, 0.6) is 11.5 Å². The van der Waals surface area contributed by atoms with E-state index in [1.165, 1.54) is 0 Å². The molecule has 0 unspecified atom stereocenters. The van der Waals surface area contributed by atoms with Crippen molar-refractivity contribution in [3.05, 3.63) is 66.5 Å². The quantitative estimate of drug-likeness (QED) is 0.495. The lowest BCUT2D eigenvalue weighted by molar-refractivity contribution is 0.0303. The van der Waals surface area contributed by atoms with Gasteiger partial charge in [-0.3, -0.25) is 4.79 Å². The average Bonchev–Trinajstić information content (AvgIpc) is 3.31. The van der Waals surface area contributed by atoms with Gasteiger partial charge in [0.05, 0.1) is 27.4 Å². The van der Waals surface area contributed by atoms with Gasteiger partial charge in [0.2, 0.25) is 0 Å². The van der Waals surface area contributed by atoms with Crippen molar-refractivity contribution in [2.45, 2.75) is 0 Å². The molecule has 0 radical (unpaired) electrons. The van der Waals surface area contributed by atoms with Crippen molar-refractivity contribution in [2.24, 2.45) is 0 Å². The topological polar surface area (TPSA) is 76.7 Å². The number of pyridine rings is 1. The lowest BCUT2D eigenvalue weighted by atomic mass is 10.00. The minimum Gasteiger partial charge on any atom is -0.493 e. The van der Waals surface area contributed by atoms with Gasteiger partial charge in [-0.2, -0.15) is 0 Å². The van der Waals surface area contributed by atoms with Crippen molar-refractivity contribution < 1.29 is 19.0 Å². The fraction of sp³-hybridized carbons (Fsp3) is 0.231. The number of methoxy groups -OCH3 is 2. The standard InChI is InChI=1S/C26H25N3O4/c1-31-23-8-4-7-20(24(23)32-2)22-16-28-25-21(22)14-19(15-27-25)17-5-3-6-18(13-17)26(30)29-9-11-33-12-10-29/h3-8,13-16H,9-12H2,1-2H3,(H,27,28). The van der Waals surface area contributed by atoms with Crippen LogP contribution in [0, 0.1) is 0 Å². The molecule has 0 saturated carbocycles. The zero-order valence-corrected chi connectivity index (χ0v) is 18.6. The average molecular weight is 444 g/mol. The Morgan fingerprint density at radius 2 is 1.82 bits per heavy atom. The molecule has 1 fully saturated rings. The Balaban J connectivity index is 1.54. The van der Waals surface area contributed by atoms with Gasteiger partial charge in [0.25, 0.3) is 5.91 Å². The van der Waals surface area contributed by atoms with Crippen molar-refractivity contribution in [1.29, 1.82) is 0 Å². The van der Waals surface area contributed by atoms with Crippen molar-refractivity contribution in [3.63, 3.8) is 0 Å². The van der Waals surface area contributed by atoms with Crippen LogP contribution in [-0.2, 0) is 4.74 Å². The number of ether oxygens (including phenoxy) is 3. The van der Waals surface area contributed by atoms with E-state index in [0.29, 0.717) is 43.4 Å². The maximum Gasteiger partial charge on any atom is 0.254 e. The summed E-state index contributed by atoms with van der Waals surface area (Å²) < 4.78 is 16.5. The summed E-state index contributed by atoms with van der Waals surface area (Å²) in [7, 11) is 3.26. The molecule has 168 valence electrons. The fourth-order valence-electron chi connectivity index (χ4n) is 4.26. The Labute approximate surface area is 191 Å². The molecule has 2 aromatic heterocycles. The number of rotatable bonds is 5. The maximum absolute atomic E-state index is 12.9. The third-order valence-electron chi connectivity index (χ3n) is 5.97. The first-order chi connectivity index (χ1) is 16.2. The molecule has 7 nitrogen and oxygen atoms in total. The van der Waals surface area contributed by atoms with Gasteiger partial charge < -0.3 is 24.1 Å². The number of carbonyl (C=O) groups excluding carboxylic acids is 1. The van der Waals surface area contributed by atoms with Gasteiger partial charge in [-0.25, -0.2) is 4.98 Å². The molecule has 0 atom stereocenters. The van der Waals surface area contributed by atoms with Crippen molar-refractivity contribution in [2.75, 3.05) is 40.5 Å². The van der Waals surface area contributed by atoms with Gasteiger partial charge in [-0.15, -0.1) is 0 Å². The summed E-state index contributed by atoms with van der Waals surface area (Å²) in [4.78, 5) is 22.7. The smallest absolute Gasteiger partial charge is 0.254 e. The molecule has 4 aromatic rings. The number of benzene rings is 2. The molecule has 1 aliphatic heterocycles. The molecule has 7 heteroatoms. The van der Waals surface area contributed by atoms with E-state index in [4.69, 9.17) is 14.2 Å². The second-order valence-corrected chi connectivity index (χ2v) is 7.85. The van der Waals surface area contributed by atoms with Crippen LogP contribution < -0.4 is 9.47 Å². The van der Waals surface area contributed by atoms with Gasteiger partial charge >= 0.3 is 0 Å². The van der Waals surface area contributed by atoms with Crippen molar-refractivity contribution in [1.82, 2.24) is 14.9 Å². The van der Waals surface area contributed by atoms with E-state index in [0.717, 1.165) is 33.3 Å². The Kier molecular flexibility index (Phi) is 5.71.